The standard InChI is InChI=1S/C37H58O6SeSi/c1-22(2)27-18-16-24(5)20-29(27)42-35(39)37(36(40)43-30-21-25(6)17-19-28(30)23(3)4)31(33(38)41-7)32(37)34(45(8,9)10)44-26-14-12-11-13-15-26/h11-15,22-25,27-32,34H,16-21H2,1-10H3/t24-,25-,27+,28+,29-,30-,31+,32-,34-/m1/s1. The Labute approximate surface area is 279 Å². The van der Waals surface area contributed by atoms with Gasteiger partial charge in [0.25, 0.3) is 0 Å². The van der Waals surface area contributed by atoms with E-state index in [0.29, 0.717) is 23.7 Å². The van der Waals surface area contributed by atoms with E-state index in [4.69, 9.17) is 14.2 Å². The Morgan fingerprint density at radius 1 is 0.800 bits per heavy atom. The summed E-state index contributed by atoms with van der Waals surface area (Å²) in [6.45, 7) is 20.0. The molecule has 3 saturated carbocycles. The summed E-state index contributed by atoms with van der Waals surface area (Å²) < 4.78 is 19.6. The van der Waals surface area contributed by atoms with Gasteiger partial charge in [0, 0.05) is 0 Å². The molecule has 4 rings (SSSR count). The molecular formula is C37H58O6SeSi. The van der Waals surface area contributed by atoms with Gasteiger partial charge in [-0.25, -0.2) is 0 Å². The normalized spacial score (nSPS) is 32.1. The van der Waals surface area contributed by atoms with Crippen LogP contribution in [0.25, 0.3) is 0 Å². The van der Waals surface area contributed by atoms with Crippen molar-refractivity contribution in [3.63, 3.8) is 0 Å². The minimum absolute atomic E-state index is 0.0222. The van der Waals surface area contributed by atoms with Crippen molar-refractivity contribution in [3.05, 3.63) is 30.3 Å². The van der Waals surface area contributed by atoms with Crippen molar-refractivity contribution in [2.24, 2.45) is 52.8 Å². The second-order valence-corrected chi connectivity index (χ2v) is 25.0. The topological polar surface area (TPSA) is 78.9 Å². The van der Waals surface area contributed by atoms with Gasteiger partial charge in [0.15, 0.2) is 0 Å². The quantitative estimate of drug-likeness (QED) is 0.106. The molecule has 0 saturated heterocycles. The number of ether oxygens (including phenoxy) is 3. The van der Waals surface area contributed by atoms with Gasteiger partial charge in [-0.3, -0.25) is 0 Å². The molecule has 1 aromatic rings. The van der Waals surface area contributed by atoms with E-state index in [1.165, 1.54) is 11.6 Å². The van der Waals surface area contributed by atoms with Gasteiger partial charge in [-0.2, -0.15) is 0 Å². The molecule has 3 fully saturated rings. The predicted octanol–water partition coefficient (Wildman–Crippen LogP) is 7.10. The molecule has 8 heteroatoms. The molecule has 3 aliphatic rings. The predicted molar refractivity (Wildman–Crippen MR) is 183 cm³/mol. The second kappa shape index (κ2) is 14.6. The summed E-state index contributed by atoms with van der Waals surface area (Å²) in [6, 6.07) is 10.3. The molecule has 6 nitrogen and oxygen atoms in total. The van der Waals surface area contributed by atoms with Gasteiger partial charge in [-0.15, -0.1) is 0 Å². The third-order valence-corrected chi connectivity index (χ3v) is 20.4. The fourth-order valence-electron chi connectivity index (χ4n) is 8.30. The fourth-order valence-corrected chi connectivity index (χ4v) is 15.5. The van der Waals surface area contributed by atoms with Crippen LogP contribution in [0.15, 0.2) is 30.3 Å². The van der Waals surface area contributed by atoms with Crippen molar-refractivity contribution in [1.29, 1.82) is 0 Å². The molecule has 9 atom stereocenters. The van der Waals surface area contributed by atoms with E-state index < -0.39 is 43.2 Å². The maximum absolute atomic E-state index is 14.8. The average Bonchev–Trinajstić information content (AvgIpc) is 3.66. The van der Waals surface area contributed by atoms with Crippen LogP contribution in [-0.4, -0.2) is 60.3 Å². The molecule has 0 radical (unpaired) electrons. The maximum atomic E-state index is 14.8. The van der Waals surface area contributed by atoms with Gasteiger partial charge in [0.05, 0.1) is 0 Å². The average molecular weight is 706 g/mol. The zero-order valence-electron chi connectivity index (χ0n) is 29.3. The first-order valence-electron chi connectivity index (χ1n) is 17.3. The second-order valence-electron chi connectivity index (χ2n) is 16.2. The number of rotatable bonds is 11. The Kier molecular flexibility index (Phi) is 11.8. The van der Waals surface area contributed by atoms with Crippen LogP contribution in [0.5, 0.6) is 0 Å². The first-order chi connectivity index (χ1) is 21.1. The molecule has 0 unspecified atom stereocenters. The van der Waals surface area contributed by atoms with Gasteiger partial charge < -0.3 is 0 Å². The van der Waals surface area contributed by atoms with E-state index in [-0.39, 0.29) is 43.4 Å². The number of carbonyl (C=O) groups is 3. The van der Waals surface area contributed by atoms with Crippen molar-refractivity contribution in [2.75, 3.05) is 7.11 Å². The summed E-state index contributed by atoms with van der Waals surface area (Å²) in [5.74, 6) is -1.04. The minimum atomic E-state index is -2.04. The first-order valence-corrected chi connectivity index (χ1v) is 22.8. The Balaban J connectivity index is 1.80. The summed E-state index contributed by atoms with van der Waals surface area (Å²) in [7, 11) is -0.675. The van der Waals surface area contributed by atoms with Crippen LogP contribution in [0.1, 0.15) is 80.1 Å². The van der Waals surface area contributed by atoms with Crippen LogP contribution in [0, 0.1) is 52.8 Å². The molecule has 0 spiro atoms. The fraction of sp³-hybridized carbons (Fsp3) is 0.757. The Morgan fingerprint density at radius 3 is 1.67 bits per heavy atom. The molecule has 45 heavy (non-hydrogen) atoms. The third kappa shape index (κ3) is 7.75. The number of carbonyl (C=O) groups excluding carboxylic acids is 3. The summed E-state index contributed by atoms with van der Waals surface area (Å²) in [6.07, 6.45) is 5.16. The van der Waals surface area contributed by atoms with Crippen molar-refractivity contribution >= 4 is 45.4 Å². The van der Waals surface area contributed by atoms with Gasteiger partial charge >= 0.3 is 281 Å². The van der Waals surface area contributed by atoms with Gasteiger partial charge in [0.2, 0.25) is 0 Å². The number of esters is 3. The molecule has 252 valence electrons. The number of hydrogen-bond acceptors (Lipinski definition) is 6. The van der Waals surface area contributed by atoms with E-state index in [1.807, 2.05) is 18.2 Å². The molecule has 0 amide bonds. The van der Waals surface area contributed by atoms with Crippen LogP contribution in [0.2, 0.25) is 24.1 Å². The first kappa shape index (κ1) is 36.2. The molecule has 0 aromatic heterocycles. The monoisotopic (exact) mass is 706 g/mol. The third-order valence-electron chi connectivity index (χ3n) is 11.0. The van der Waals surface area contributed by atoms with Crippen LogP contribution in [0.3, 0.4) is 0 Å². The van der Waals surface area contributed by atoms with Crippen molar-refractivity contribution in [3.8, 4) is 0 Å². The summed E-state index contributed by atoms with van der Waals surface area (Å²) in [4.78, 5) is 43.4. The SMILES string of the molecule is COC(=O)[C@@H]1[C@H]([C@H]([Se]c2ccccc2)[Si](C)(C)C)C1(C(=O)O[C@@H]1C[C@H](C)CC[C@H]1C(C)C)C(=O)O[C@@H]1C[C@H](C)CC[C@H]1C(C)C. The van der Waals surface area contributed by atoms with Crippen molar-refractivity contribution in [1.82, 2.24) is 0 Å². The summed E-state index contributed by atoms with van der Waals surface area (Å²) in [5, 5.41) is 0. The van der Waals surface area contributed by atoms with Crippen LogP contribution < -0.4 is 4.46 Å². The molecular weight excluding hydrogens is 647 g/mol. The van der Waals surface area contributed by atoms with Crippen LogP contribution in [-0.2, 0) is 28.6 Å². The van der Waals surface area contributed by atoms with Crippen molar-refractivity contribution < 1.29 is 28.6 Å². The van der Waals surface area contributed by atoms with Crippen molar-refractivity contribution in [2.45, 2.75) is 116 Å². The summed E-state index contributed by atoms with van der Waals surface area (Å²) >= 11 is -0.0649. The van der Waals surface area contributed by atoms with E-state index in [0.717, 1.165) is 38.5 Å². The zero-order valence-corrected chi connectivity index (χ0v) is 32.1. The number of methoxy groups -OCH3 is 1. The number of benzene rings is 1. The van der Waals surface area contributed by atoms with Gasteiger partial charge in [-0.1, -0.05) is 0 Å². The zero-order chi connectivity index (χ0) is 33.3. The van der Waals surface area contributed by atoms with Crippen LogP contribution >= 0.6 is 0 Å². The van der Waals surface area contributed by atoms with Crippen LogP contribution in [0.4, 0.5) is 0 Å². The van der Waals surface area contributed by atoms with E-state index in [2.05, 4.69) is 73.3 Å². The molecule has 0 bridgehead atoms. The molecule has 0 heterocycles. The van der Waals surface area contributed by atoms with Gasteiger partial charge in [0.1, 0.15) is 0 Å². The summed E-state index contributed by atoms with van der Waals surface area (Å²) in [5.41, 5.74) is -1.68. The molecule has 0 N–H and O–H groups in total. The van der Waals surface area contributed by atoms with E-state index >= 15 is 0 Å². The Hall–Kier alpha value is -1.63. The molecule has 0 aliphatic heterocycles. The number of hydrogen-bond donors (Lipinski definition) is 0. The van der Waals surface area contributed by atoms with E-state index in [1.54, 1.807) is 0 Å². The Morgan fingerprint density at radius 2 is 1.27 bits per heavy atom. The Bertz CT molecular complexity index is 1130. The van der Waals surface area contributed by atoms with Gasteiger partial charge in [-0.05, 0) is 0 Å². The van der Waals surface area contributed by atoms with E-state index in [9.17, 15) is 14.4 Å². The molecule has 3 aliphatic carbocycles. The molecule has 1 aromatic carbocycles.